The molecule has 1 amide bonds. The number of pyridine rings is 1. The van der Waals surface area contributed by atoms with E-state index >= 15 is 0 Å². The molecule has 1 atom stereocenters. The van der Waals surface area contributed by atoms with E-state index in [0.717, 1.165) is 27.1 Å². The highest BCUT2D eigenvalue weighted by Gasteiger charge is 2.33. The molecule has 7 heteroatoms. The smallest absolute Gasteiger partial charge is 0.233 e. The fourth-order valence-corrected chi connectivity index (χ4v) is 6.35. The summed E-state index contributed by atoms with van der Waals surface area (Å²) in [7, 11) is -3.00. The summed E-state index contributed by atoms with van der Waals surface area (Å²) in [5.74, 6) is 0.513. The molecule has 1 aliphatic rings. The zero-order chi connectivity index (χ0) is 19.8. The molecule has 0 radical (unpaired) electrons. The summed E-state index contributed by atoms with van der Waals surface area (Å²) in [6.07, 6.45) is 0.540. The number of aromatic nitrogens is 1. The van der Waals surface area contributed by atoms with Crippen molar-refractivity contribution in [2.75, 3.05) is 23.8 Å². The molecule has 146 valence electrons. The fourth-order valence-electron chi connectivity index (χ4n) is 3.77. The molecule has 0 unspecified atom stereocenters. The van der Waals surface area contributed by atoms with Crippen LogP contribution in [0.5, 0.6) is 0 Å². The molecule has 3 rings (SSSR count). The molecule has 1 aromatic carbocycles. The predicted octanol–water partition coefficient (Wildman–Crippen LogP) is 3.29. The number of rotatable bonds is 5. The zero-order valence-electron chi connectivity index (χ0n) is 16.3. The number of aryl methyl sites for hydroxylation is 3. The van der Waals surface area contributed by atoms with E-state index in [1.807, 2.05) is 13.0 Å². The number of carbonyl (C=O) groups excluding carboxylic acids is 1. The van der Waals surface area contributed by atoms with Crippen molar-refractivity contribution in [2.45, 2.75) is 45.2 Å². The maximum atomic E-state index is 12.7. The summed E-state index contributed by atoms with van der Waals surface area (Å²) < 4.78 is 23.5. The molecule has 1 aliphatic heterocycles. The molecule has 0 bridgehead atoms. The molecular formula is C20H26N2O3S2. The van der Waals surface area contributed by atoms with Crippen LogP contribution < -0.4 is 0 Å². The Hall–Kier alpha value is -1.60. The molecule has 0 aliphatic carbocycles. The van der Waals surface area contributed by atoms with Crippen LogP contribution >= 0.6 is 11.8 Å². The van der Waals surface area contributed by atoms with Crippen molar-refractivity contribution in [1.82, 2.24) is 9.88 Å². The highest BCUT2D eigenvalue weighted by molar-refractivity contribution is 7.99. The van der Waals surface area contributed by atoms with Gasteiger partial charge in [-0.15, -0.1) is 0 Å². The number of thioether (sulfide) groups is 1. The van der Waals surface area contributed by atoms with Crippen LogP contribution in [-0.4, -0.2) is 54.1 Å². The van der Waals surface area contributed by atoms with Gasteiger partial charge >= 0.3 is 0 Å². The van der Waals surface area contributed by atoms with Gasteiger partial charge in [0.15, 0.2) is 9.84 Å². The normalized spacial score (nSPS) is 18.7. The molecule has 1 aromatic heterocycles. The first kappa shape index (κ1) is 20.1. The van der Waals surface area contributed by atoms with Gasteiger partial charge in [-0.05, 0) is 57.4 Å². The third-order valence-corrected chi connectivity index (χ3v) is 7.73. The Balaban J connectivity index is 1.75. The summed E-state index contributed by atoms with van der Waals surface area (Å²) in [4.78, 5) is 19.1. The van der Waals surface area contributed by atoms with Crippen LogP contribution in [0.15, 0.2) is 23.2 Å². The molecule has 0 spiro atoms. The van der Waals surface area contributed by atoms with Gasteiger partial charge in [0.1, 0.15) is 0 Å². The topological polar surface area (TPSA) is 67.3 Å². The Morgan fingerprint density at radius 2 is 1.96 bits per heavy atom. The molecule has 0 saturated carbocycles. The number of hydrogen-bond acceptors (Lipinski definition) is 5. The number of sulfone groups is 1. The van der Waals surface area contributed by atoms with Crippen LogP contribution in [0.25, 0.3) is 10.9 Å². The van der Waals surface area contributed by atoms with E-state index in [2.05, 4.69) is 32.9 Å². The van der Waals surface area contributed by atoms with Crippen LogP contribution in [0.2, 0.25) is 0 Å². The standard InChI is InChI=1S/C20H26N2O3S2/c1-5-22(16-6-7-27(24,25)12-16)19(23)11-26-18-10-14(3)17-9-13(2)8-15(4)20(17)21-18/h8-10,16H,5-7,11-12H2,1-4H3/t16-/m1/s1. The lowest BCUT2D eigenvalue weighted by atomic mass is 10.0. The van der Waals surface area contributed by atoms with E-state index in [1.165, 1.54) is 17.3 Å². The monoisotopic (exact) mass is 406 g/mol. The summed E-state index contributed by atoms with van der Waals surface area (Å²) in [6, 6.07) is 6.09. The third-order valence-electron chi connectivity index (χ3n) is 5.09. The van der Waals surface area contributed by atoms with Crippen molar-refractivity contribution in [2.24, 2.45) is 0 Å². The Morgan fingerprint density at radius 1 is 1.22 bits per heavy atom. The first-order valence-corrected chi connectivity index (χ1v) is 12.0. The molecule has 2 heterocycles. The second-order valence-electron chi connectivity index (χ2n) is 7.28. The van der Waals surface area contributed by atoms with Crippen molar-refractivity contribution < 1.29 is 13.2 Å². The summed E-state index contributed by atoms with van der Waals surface area (Å²) >= 11 is 1.42. The average Bonchev–Trinajstić information content (AvgIpc) is 2.94. The van der Waals surface area contributed by atoms with Crippen molar-refractivity contribution in [3.05, 3.63) is 34.9 Å². The summed E-state index contributed by atoms with van der Waals surface area (Å²) in [5.41, 5.74) is 4.47. The highest BCUT2D eigenvalue weighted by Crippen LogP contribution is 2.27. The van der Waals surface area contributed by atoms with Gasteiger partial charge < -0.3 is 4.90 Å². The maximum Gasteiger partial charge on any atom is 0.233 e. The molecule has 27 heavy (non-hydrogen) atoms. The van der Waals surface area contributed by atoms with Gasteiger partial charge in [-0.3, -0.25) is 4.79 Å². The van der Waals surface area contributed by atoms with Gasteiger partial charge in [0.2, 0.25) is 5.91 Å². The third kappa shape index (κ3) is 4.46. The van der Waals surface area contributed by atoms with Crippen molar-refractivity contribution in [3.63, 3.8) is 0 Å². The number of amides is 1. The lowest BCUT2D eigenvalue weighted by molar-refractivity contribution is -0.129. The molecule has 0 N–H and O–H groups in total. The van der Waals surface area contributed by atoms with Crippen LogP contribution in [0.1, 0.15) is 30.0 Å². The minimum absolute atomic E-state index is 0.0234. The minimum atomic E-state index is -3.00. The Morgan fingerprint density at radius 3 is 2.59 bits per heavy atom. The molecule has 1 fully saturated rings. The van der Waals surface area contributed by atoms with E-state index in [4.69, 9.17) is 4.98 Å². The predicted molar refractivity (Wildman–Crippen MR) is 111 cm³/mol. The zero-order valence-corrected chi connectivity index (χ0v) is 17.9. The molecule has 2 aromatic rings. The number of nitrogens with zero attached hydrogens (tertiary/aromatic N) is 2. The fraction of sp³-hybridized carbons (Fsp3) is 0.500. The van der Waals surface area contributed by atoms with Crippen molar-refractivity contribution in [1.29, 1.82) is 0 Å². The van der Waals surface area contributed by atoms with Gasteiger partial charge in [-0.2, -0.15) is 0 Å². The first-order valence-electron chi connectivity index (χ1n) is 9.21. The molecule has 5 nitrogen and oxygen atoms in total. The number of benzene rings is 1. The Labute approximate surface area is 165 Å². The van der Waals surface area contributed by atoms with E-state index in [1.54, 1.807) is 4.90 Å². The Bertz CT molecular complexity index is 986. The van der Waals surface area contributed by atoms with E-state index < -0.39 is 9.84 Å². The van der Waals surface area contributed by atoms with Crippen LogP contribution in [0.3, 0.4) is 0 Å². The first-order chi connectivity index (χ1) is 12.7. The second-order valence-corrected chi connectivity index (χ2v) is 10.5. The summed E-state index contributed by atoms with van der Waals surface area (Å²) in [5, 5.41) is 1.98. The van der Waals surface area contributed by atoms with E-state index in [0.29, 0.717) is 13.0 Å². The molecular weight excluding hydrogens is 380 g/mol. The lowest BCUT2D eigenvalue weighted by Crippen LogP contribution is -2.41. The number of hydrogen-bond donors (Lipinski definition) is 0. The number of fused-ring (bicyclic) bond motifs is 1. The van der Waals surface area contributed by atoms with Crippen LogP contribution in [0.4, 0.5) is 0 Å². The van der Waals surface area contributed by atoms with E-state index in [-0.39, 0.29) is 29.2 Å². The van der Waals surface area contributed by atoms with E-state index in [9.17, 15) is 13.2 Å². The maximum absolute atomic E-state index is 12.7. The van der Waals surface area contributed by atoms with Gasteiger partial charge in [-0.25, -0.2) is 13.4 Å². The SMILES string of the molecule is CCN(C(=O)CSc1cc(C)c2cc(C)cc(C)c2n1)[C@@H]1CCS(=O)(=O)C1. The second kappa shape index (κ2) is 7.80. The van der Waals surface area contributed by atoms with Crippen LogP contribution in [0, 0.1) is 20.8 Å². The average molecular weight is 407 g/mol. The van der Waals surface area contributed by atoms with Crippen LogP contribution in [-0.2, 0) is 14.6 Å². The van der Waals surface area contributed by atoms with Gasteiger partial charge in [0.05, 0.1) is 27.8 Å². The molecule has 1 saturated heterocycles. The van der Waals surface area contributed by atoms with Gasteiger partial charge in [0, 0.05) is 18.0 Å². The largest absolute Gasteiger partial charge is 0.338 e. The number of carbonyl (C=O) groups is 1. The highest BCUT2D eigenvalue weighted by atomic mass is 32.2. The Kier molecular flexibility index (Phi) is 5.82. The summed E-state index contributed by atoms with van der Waals surface area (Å²) in [6.45, 7) is 8.63. The minimum Gasteiger partial charge on any atom is -0.338 e. The van der Waals surface area contributed by atoms with Gasteiger partial charge in [0.25, 0.3) is 0 Å². The van der Waals surface area contributed by atoms with Crippen molar-refractivity contribution in [3.8, 4) is 0 Å². The lowest BCUT2D eigenvalue weighted by Gasteiger charge is -2.26. The quantitative estimate of drug-likeness (QED) is 0.713. The van der Waals surface area contributed by atoms with Crippen molar-refractivity contribution >= 4 is 38.4 Å². The van der Waals surface area contributed by atoms with Gasteiger partial charge in [-0.1, -0.05) is 23.4 Å².